The number of carbonyl (C=O) groups is 2. The standard InChI is InChI=1S/C29H27N7O2/c1-18-9-10-22(28(37)34-23-11-13-30-14-12-23)15-25(18)35-27-26-19(2)24(16-36(26)32-17-31-27)29(38)33-20(3)21-7-5-4-6-8-21/h4-17,20H,1-3H3,(H,33,38)(H,30,34,37)(H,31,32,35)/t20-/m0/s1. The number of nitrogens with one attached hydrogen (secondary N) is 3. The van der Waals surface area contributed by atoms with Crippen LogP contribution in [0.1, 0.15) is 50.4 Å². The molecule has 0 saturated carbocycles. The van der Waals surface area contributed by atoms with Crippen molar-refractivity contribution in [3.63, 3.8) is 0 Å². The van der Waals surface area contributed by atoms with Crippen LogP contribution in [0.4, 0.5) is 17.2 Å². The van der Waals surface area contributed by atoms with E-state index in [2.05, 4.69) is 31.0 Å². The lowest BCUT2D eigenvalue weighted by molar-refractivity contribution is 0.0938. The van der Waals surface area contributed by atoms with Gasteiger partial charge in [0.25, 0.3) is 11.8 Å². The zero-order chi connectivity index (χ0) is 26.6. The number of pyridine rings is 1. The number of hydrogen-bond acceptors (Lipinski definition) is 6. The van der Waals surface area contributed by atoms with Crippen molar-refractivity contribution < 1.29 is 9.59 Å². The van der Waals surface area contributed by atoms with Gasteiger partial charge in [-0.1, -0.05) is 36.4 Å². The Bertz CT molecular complexity index is 1610. The van der Waals surface area contributed by atoms with Gasteiger partial charge < -0.3 is 16.0 Å². The lowest BCUT2D eigenvalue weighted by Crippen LogP contribution is -2.26. The smallest absolute Gasteiger partial charge is 0.255 e. The first-order valence-electron chi connectivity index (χ1n) is 12.2. The molecule has 0 aliphatic rings. The number of hydrogen-bond donors (Lipinski definition) is 3. The summed E-state index contributed by atoms with van der Waals surface area (Å²) >= 11 is 0. The maximum Gasteiger partial charge on any atom is 0.255 e. The molecule has 9 heteroatoms. The second kappa shape index (κ2) is 10.5. The SMILES string of the molecule is Cc1ccc(C(=O)Nc2ccncc2)cc1Nc1ncnn2cc(C(=O)N[C@@H](C)c3ccccc3)c(C)c12. The molecule has 0 bridgehead atoms. The number of nitrogens with zero attached hydrogens (tertiary/aromatic N) is 4. The van der Waals surface area contributed by atoms with Gasteiger partial charge in [0.1, 0.15) is 11.8 Å². The quantitative estimate of drug-likeness (QED) is 0.279. The number of carbonyl (C=O) groups excluding carboxylic acids is 2. The van der Waals surface area contributed by atoms with Crippen molar-refractivity contribution in [1.82, 2.24) is 24.9 Å². The third kappa shape index (κ3) is 5.08. The zero-order valence-corrected chi connectivity index (χ0v) is 21.3. The first kappa shape index (κ1) is 24.6. The topological polar surface area (TPSA) is 113 Å². The minimum absolute atomic E-state index is 0.154. The number of benzene rings is 2. The summed E-state index contributed by atoms with van der Waals surface area (Å²) in [5.41, 5.74) is 5.76. The van der Waals surface area contributed by atoms with E-state index < -0.39 is 0 Å². The first-order valence-corrected chi connectivity index (χ1v) is 12.2. The van der Waals surface area contributed by atoms with E-state index >= 15 is 0 Å². The molecule has 190 valence electrons. The average molecular weight is 506 g/mol. The van der Waals surface area contributed by atoms with Gasteiger partial charge >= 0.3 is 0 Å². The molecule has 0 fully saturated rings. The normalized spacial score (nSPS) is 11.7. The van der Waals surface area contributed by atoms with E-state index in [4.69, 9.17) is 0 Å². The van der Waals surface area contributed by atoms with E-state index in [0.29, 0.717) is 28.1 Å². The van der Waals surface area contributed by atoms with Gasteiger partial charge in [0.2, 0.25) is 0 Å². The first-order chi connectivity index (χ1) is 18.4. The van der Waals surface area contributed by atoms with E-state index in [9.17, 15) is 9.59 Å². The van der Waals surface area contributed by atoms with Gasteiger partial charge in [-0.15, -0.1) is 0 Å². The van der Waals surface area contributed by atoms with Crippen LogP contribution in [0.2, 0.25) is 0 Å². The van der Waals surface area contributed by atoms with Gasteiger partial charge in [-0.2, -0.15) is 5.10 Å². The van der Waals surface area contributed by atoms with Crippen LogP contribution in [0.15, 0.2) is 85.6 Å². The molecule has 2 aromatic carbocycles. The highest BCUT2D eigenvalue weighted by Gasteiger charge is 2.20. The Labute approximate surface area is 220 Å². The molecule has 3 heterocycles. The molecule has 0 saturated heterocycles. The van der Waals surface area contributed by atoms with E-state index in [1.54, 1.807) is 47.4 Å². The molecule has 0 aliphatic carbocycles. The fourth-order valence-corrected chi connectivity index (χ4v) is 4.24. The third-order valence-electron chi connectivity index (χ3n) is 6.41. The number of amides is 2. The largest absolute Gasteiger partial charge is 0.345 e. The third-order valence-corrected chi connectivity index (χ3v) is 6.41. The number of rotatable bonds is 7. The van der Waals surface area contributed by atoms with Gasteiger partial charge in [0, 0.05) is 35.5 Å². The van der Waals surface area contributed by atoms with E-state index in [0.717, 1.165) is 22.4 Å². The molecule has 38 heavy (non-hydrogen) atoms. The summed E-state index contributed by atoms with van der Waals surface area (Å²) in [4.78, 5) is 34.4. The Morgan fingerprint density at radius 3 is 2.47 bits per heavy atom. The lowest BCUT2D eigenvalue weighted by Gasteiger charge is -2.14. The summed E-state index contributed by atoms with van der Waals surface area (Å²) < 4.78 is 1.64. The summed E-state index contributed by atoms with van der Waals surface area (Å²) in [6, 6.07) is 18.5. The Balaban J connectivity index is 1.41. The van der Waals surface area contributed by atoms with Crippen LogP contribution >= 0.6 is 0 Å². The summed E-state index contributed by atoms with van der Waals surface area (Å²) in [6.45, 7) is 5.77. The van der Waals surface area contributed by atoms with Gasteiger partial charge in [-0.05, 0) is 61.7 Å². The zero-order valence-electron chi connectivity index (χ0n) is 21.3. The highest BCUT2D eigenvalue weighted by atomic mass is 16.2. The summed E-state index contributed by atoms with van der Waals surface area (Å²) in [6.07, 6.45) is 6.37. The summed E-state index contributed by atoms with van der Waals surface area (Å²) in [7, 11) is 0. The Morgan fingerprint density at radius 2 is 1.71 bits per heavy atom. The average Bonchev–Trinajstić information content (AvgIpc) is 3.28. The van der Waals surface area contributed by atoms with E-state index in [-0.39, 0.29) is 17.9 Å². The predicted octanol–water partition coefficient (Wildman–Crippen LogP) is 5.23. The molecule has 3 aromatic heterocycles. The van der Waals surface area contributed by atoms with Gasteiger partial charge in [-0.3, -0.25) is 14.6 Å². The monoisotopic (exact) mass is 505 g/mol. The summed E-state index contributed by atoms with van der Waals surface area (Å²) in [5.74, 6) is 0.0983. The molecule has 2 amide bonds. The van der Waals surface area contributed by atoms with Crippen LogP contribution in [0.3, 0.4) is 0 Å². The number of aromatic nitrogens is 4. The lowest BCUT2D eigenvalue weighted by atomic mass is 10.1. The van der Waals surface area contributed by atoms with Gasteiger partial charge in [0.05, 0.1) is 11.6 Å². The number of fused-ring (bicyclic) bond motifs is 1. The molecular formula is C29H27N7O2. The van der Waals surface area contributed by atoms with Crippen molar-refractivity contribution in [3.8, 4) is 0 Å². The highest BCUT2D eigenvalue weighted by molar-refractivity contribution is 6.05. The van der Waals surface area contributed by atoms with Crippen molar-refractivity contribution in [1.29, 1.82) is 0 Å². The maximum atomic E-state index is 13.2. The van der Waals surface area contributed by atoms with Crippen LogP contribution in [0.5, 0.6) is 0 Å². The second-order valence-corrected chi connectivity index (χ2v) is 9.02. The van der Waals surface area contributed by atoms with Crippen LogP contribution in [0, 0.1) is 13.8 Å². The number of anilines is 3. The van der Waals surface area contributed by atoms with Gasteiger partial charge in [-0.25, -0.2) is 9.50 Å². The fraction of sp³-hybridized carbons (Fsp3) is 0.138. The molecule has 5 rings (SSSR count). The van der Waals surface area contributed by atoms with Crippen molar-refractivity contribution in [2.45, 2.75) is 26.8 Å². The molecule has 0 aliphatic heterocycles. The minimum atomic E-state index is -0.238. The van der Waals surface area contributed by atoms with Crippen molar-refractivity contribution >= 4 is 34.5 Å². The second-order valence-electron chi connectivity index (χ2n) is 9.02. The molecular weight excluding hydrogens is 478 g/mol. The van der Waals surface area contributed by atoms with Crippen molar-refractivity contribution in [3.05, 3.63) is 113 Å². The minimum Gasteiger partial charge on any atom is -0.345 e. The van der Waals surface area contributed by atoms with E-state index in [1.165, 1.54) is 6.33 Å². The van der Waals surface area contributed by atoms with Crippen LogP contribution < -0.4 is 16.0 Å². The Hall–Kier alpha value is -5.05. The Morgan fingerprint density at radius 1 is 0.947 bits per heavy atom. The molecule has 5 aromatic rings. The van der Waals surface area contributed by atoms with Crippen LogP contribution in [-0.2, 0) is 0 Å². The maximum absolute atomic E-state index is 13.2. The molecule has 9 nitrogen and oxygen atoms in total. The fourth-order valence-electron chi connectivity index (χ4n) is 4.24. The van der Waals surface area contributed by atoms with Crippen LogP contribution in [0.25, 0.3) is 5.52 Å². The van der Waals surface area contributed by atoms with E-state index in [1.807, 2.05) is 57.2 Å². The van der Waals surface area contributed by atoms with Crippen molar-refractivity contribution in [2.24, 2.45) is 0 Å². The predicted molar refractivity (Wildman–Crippen MR) is 147 cm³/mol. The molecule has 1 atom stereocenters. The van der Waals surface area contributed by atoms with Crippen molar-refractivity contribution in [2.75, 3.05) is 10.6 Å². The van der Waals surface area contributed by atoms with Gasteiger partial charge in [0.15, 0.2) is 5.82 Å². The summed E-state index contributed by atoms with van der Waals surface area (Å²) in [5, 5.41) is 13.6. The molecule has 0 unspecified atom stereocenters. The highest BCUT2D eigenvalue weighted by Crippen LogP contribution is 2.28. The molecule has 3 N–H and O–H groups in total. The molecule has 0 spiro atoms. The number of aryl methyl sites for hydroxylation is 2. The molecule has 0 radical (unpaired) electrons. The van der Waals surface area contributed by atoms with Crippen LogP contribution in [-0.4, -0.2) is 31.4 Å². The Kier molecular flexibility index (Phi) is 6.82.